The molecule has 1 aromatic carbocycles. The molecule has 0 spiro atoms. The number of carbonyl (C=O) groups excluding carboxylic acids is 2. The van der Waals surface area contributed by atoms with Crippen molar-refractivity contribution in [2.75, 3.05) is 16.8 Å². The number of fused-ring (bicyclic) bond motifs is 1. The Morgan fingerprint density at radius 2 is 2.21 bits per heavy atom. The van der Waals surface area contributed by atoms with E-state index in [1.165, 1.54) is 17.8 Å². The van der Waals surface area contributed by atoms with Gasteiger partial charge in [-0.05, 0) is 44.4 Å². The normalized spacial score (nSPS) is 17.0. The van der Waals surface area contributed by atoms with Crippen molar-refractivity contribution in [3.8, 4) is 0 Å². The number of hydrogen-bond acceptors (Lipinski definition) is 5. The molecule has 0 aliphatic carbocycles. The molecule has 0 radical (unpaired) electrons. The van der Waals surface area contributed by atoms with Gasteiger partial charge in [-0.15, -0.1) is 11.3 Å². The van der Waals surface area contributed by atoms with Crippen molar-refractivity contribution in [3.05, 3.63) is 47.2 Å². The lowest BCUT2D eigenvalue weighted by Crippen LogP contribution is -2.38. The monoisotopic (exact) mass is 397 g/mol. The van der Waals surface area contributed by atoms with Crippen LogP contribution in [0, 0.1) is 0 Å². The van der Waals surface area contributed by atoms with Crippen molar-refractivity contribution < 1.29 is 9.59 Å². The lowest BCUT2D eigenvalue weighted by Gasteiger charge is -2.36. The second kappa shape index (κ2) is 7.63. The molecule has 4 rings (SSSR count). The Balaban J connectivity index is 1.58. The van der Waals surface area contributed by atoms with Gasteiger partial charge in [0.15, 0.2) is 4.96 Å². The van der Waals surface area contributed by atoms with E-state index < -0.39 is 5.91 Å². The number of anilines is 2. The summed E-state index contributed by atoms with van der Waals surface area (Å²) in [5.74, 6) is -0.679. The molecule has 146 valence electrons. The lowest BCUT2D eigenvalue weighted by atomic mass is 10.0. The Morgan fingerprint density at radius 3 is 2.96 bits per heavy atom. The Kier molecular flexibility index (Phi) is 5.04. The summed E-state index contributed by atoms with van der Waals surface area (Å²) in [6.45, 7) is 3.11. The summed E-state index contributed by atoms with van der Waals surface area (Å²) in [5.41, 5.74) is 8.09. The van der Waals surface area contributed by atoms with E-state index in [0.717, 1.165) is 30.0 Å². The molecule has 3 N–H and O–H groups in total. The zero-order valence-electron chi connectivity index (χ0n) is 15.7. The molecule has 2 aromatic heterocycles. The molecule has 1 saturated heterocycles. The van der Waals surface area contributed by atoms with Crippen LogP contribution >= 0.6 is 11.3 Å². The maximum Gasteiger partial charge on any atom is 0.248 e. The molecule has 0 unspecified atom stereocenters. The maximum atomic E-state index is 12.7. The van der Waals surface area contributed by atoms with Crippen LogP contribution in [0.15, 0.2) is 36.0 Å². The molecule has 0 saturated carbocycles. The first-order chi connectivity index (χ1) is 13.5. The van der Waals surface area contributed by atoms with Gasteiger partial charge in [-0.1, -0.05) is 0 Å². The molecular formula is C20H23N5O2S. The topological polar surface area (TPSA) is 92.7 Å². The average Bonchev–Trinajstić information content (AvgIpc) is 3.23. The van der Waals surface area contributed by atoms with E-state index >= 15 is 0 Å². The molecule has 1 atom stereocenters. The van der Waals surface area contributed by atoms with Crippen molar-refractivity contribution >= 4 is 39.5 Å². The molecule has 28 heavy (non-hydrogen) atoms. The van der Waals surface area contributed by atoms with Crippen LogP contribution in [0.25, 0.3) is 4.96 Å². The molecule has 2 amide bonds. The molecule has 1 aliphatic heterocycles. The Bertz CT molecular complexity index is 996. The van der Waals surface area contributed by atoms with Crippen LogP contribution in [-0.2, 0) is 11.2 Å². The first-order valence-corrected chi connectivity index (χ1v) is 10.3. The lowest BCUT2D eigenvalue weighted by molar-refractivity contribution is -0.115. The molecule has 7 nitrogen and oxygen atoms in total. The predicted molar refractivity (Wildman–Crippen MR) is 111 cm³/mol. The van der Waals surface area contributed by atoms with Gasteiger partial charge in [0.05, 0.1) is 23.5 Å². The Labute approximate surface area is 167 Å². The summed E-state index contributed by atoms with van der Waals surface area (Å²) in [7, 11) is 0. The van der Waals surface area contributed by atoms with Crippen molar-refractivity contribution in [2.45, 2.75) is 38.6 Å². The minimum Gasteiger partial charge on any atom is -0.367 e. The predicted octanol–water partition coefficient (Wildman–Crippen LogP) is 3.05. The molecule has 1 aliphatic rings. The van der Waals surface area contributed by atoms with Gasteiger partial charge in [-0.2, -0.15) is 0 Å². The third-order valence-electron chi connectivity index (χ3n) is 5.15. The second-order valence-electron chi connectivity index (χ2n) is 7.18. The zero-order chi connectivity index (χ0) is 19.7. The third-order valence-corrected chi connectivity index (χ3v) is 5.92. The number of benzene rings is 1. The Morgan fingerprint density at radius 1 is 1.36 bits per heavy atom. The van der Waals surface area contributed by atoms with Crippen LogP contribution in [0.3, 0.4) is 0 Å². The van der Waals surface area contributed by atoms with E-state index in [4.69, 9.17) is 5.73 Å². The van der Waals surface area contributed by atoms with Crippen molar-refractivity contribution in [1.82, 2.24) is 9.38 Å². The van der Waals surface area contributed by atoms with Crippen LogP contribution in [-0.4, -0.2) is 33.8 Å². The van der Waals surface area contributed by atoms with Gasteiger partial charge in [0.2, 0.25) is 11.8 Å². The fraction of sp³-hybridized carbons (Fsp3) is 0.350. The van der Waals surface area contributed by atoms with Crippen LogP contribution in [0.2, 0.25) is 0 Å². The Hall–Kier alpha value is -2.87. The van der Waals surface area contributed by atoms with Crippen LogP contribution in [0.1, 0.15) is 42.2 Å². The summed E-state index contributed by atoms with van der Waals surface area (Å²) < 4.78 is 1.90. The zero-order valence-corrected chi connectivity index (χ0v) is 16.5. The smallest absolute Gasteiger partial charge is 0.248 e. The molecular weight excluding hydrogens is 374 g/mol. The van der Waals surface area contributed by atoms with Gasteiger partial charge in [0, 0.05) is 35.9 Å². The number of aromatic nitrogens is 2. The van der Waals surface area contributed by atoms with Gasteiger partial charge in [-0.3, -0.25) is 14.0 Å². The molecule has 3 heterocycles. The average molecular weight is 398 g/mol. The van der Waals surface area contributed by atoms with E-state index in [-0.39, 0.29) is 12.3 Å². The van der Waals surface area contributed by atoms with Gasteiger partial charge >= 0.3 is 0 Å². The number of primary amides is 1. The molecule has 0 bridgehead atoms. The molecule has 1 fully saturated rings. The minimum absolute atomic E-state index is 0.168. The largest absolute Gasteiger partial charge is 0.367 e. The van der Waals surface area contributed by atoms with E-state index in [0.29, 0.717) is 23.0 Å². The number of imidazole rings is 1. The number of piperidine rings is 1. The van der Waals surface area contributed by atoms with E-state index in [2.05, 4.69) is 22.1 Å². The summed E-state index contributed by atoms with van der Waals surface area (Å²) in [5, 5.41) is 4.93. The first-order valence-electron chi connectivity index (χ1n) is 9.42. The van der Waals surface area contributed by atoms with Gasteiger partial charge in [0.25, 0.3) is 0 Å². The maximum absolute atomic E-state index is 12.7. The SMILES string of the molecule is C[C@H]1CCCCN1c1ccc(C(N)=O)cc1NC(=O)Cc1cn2ccsc2n1. The summed E-state index contributed by atoms with van der Waals surface area (Å²) in [6, 6.07) is 5.65. The minimum atomic E-state index is -0.511. The third kappa shape index (κ3) is 3.73. The number of thiazole rings is 1. The van der Waals surface area contributed by atoms with Crippen LogP contribution in [0.4, 0.5) is 11.4 Å². The standard InChI is InChI=1S/C20H23N5O2S/c1-13-4-2-3-7-25(13)17-6-5-14(19(21)27)10-16(17)23-18(26)11-15-12-24-8-9-28-20(24)22-15/h5-6,8-10,12-13H,2-4,7,11H2,1H3,(H2,21,27)(H,23,26)/t13-/m0/s1. The van der Waals surface area contributed by atoms with E-state index in [1.807, 2.05) is 28.2 Å². The second-order valence-corrected chi connectivity index (χ2v) is 8.06. The van der Waals surface area contributed by atoms with E-state index in [1.54, 1.807) is 12.1 Å². The highest BCUT2D eigenvalue weighted by atomic mass is 32.1. The molecule has 8 heteroatoms. The quantitative estimate of drug-likeness (QED) is 0.692. The van der Waals surface area contributed by atoms with Gasteiger partial charge in [0.1, 0.15) is 0 Å². The molecule has 3 aromatic rings. The van der Waals surface area contributed by atoms with Crippen molar-refractivity contribution in [2.24, 2.45) is 5.73 Å². The number of hydrogen-bond donors (Lipinski definition) is 2. The van der Waals surface area contributed by atoms with E-state index in [9.17, 15) is 9.59 Å². The summed E-state index contributed by atoms with van der Waals surface area (Å²) in [4.78, 5) is 31.9. The first kappa shape index (κ1) is 18.5. The van der Waals surface area contributed by atoms with Crippen molar-refractivity contribution in [3.63, 3.8) is 0 Å². The number of rotatable bonds is 5. The summed E-state index contributed by atoms with van der Waals surface area (Å²) in [6.07, 6.45) is 7.37. The number of nitrogens with one attached hydrogen (secondary N) is 1. The number of nitrogens with two attached hydrogens (primary N) is 1. The van der Waals surface area contributed by atoms with Gasteiger partial charge in [-0.25, -0.2) is 4.98 Å². The summed E-state index contributed by atoms with van der Waals surface area (Å²) >= 11 is 1.53. The van der Waals surface area contributed by atoms with Crippen molar-refractivity contribution in [1.29, 1.82) is 0 Å². The highest BCUT2D eigenvalue weighted by Crippen LogP contribution is 2.32. The van der Waals surface area contributed by atoms with Crippen LogP contribution < -0.4 is 16.0 Å². The number of nitrogens with zero attached hydrogens (tertiary/aromatic N) is 3. The van der Waals surface area contributed by atoms with Gasteiger partial charge < -0.3 is 16.0 Å². The highest BCUT2D eigenvalue weighted by molar-refractivity contribution is 7.15. The fourth-order valence-corrected chi connectivity index (χ4v) is 4.43. The fourth-order valence-electron chi connectivity index (χ4n) is 3.72. The van der Waals surface area contributed by atoms with Crippen LogP contribution in [0.5, 0.6) is 0 Å². The highest BCUT2D eigenvalue weighted by Gasteiger charge is 2.22. The number of carbonyl (C=O) groups is 2. The number of amides is 2.